The highest BCUT2D eigenvalue weighted by Crippen LogP contribution is 2.43. The van der Waals surface area contributed by atoms with Crippen LogP contribution in [0.25, 0.3) is 17.2 Å². The molecular formula is C26H23FN2O2. The lowest BCUT2D eigenvalue weighted by atomic mass is 10.0. The highest BCUT2D eigenvalue weighted by molar-refractivity contribution is 6.08. The number of fused-ring (bicyclic) bond motifs is 1. The molecule has 3 aromatic rings. The molecule has 3 aromatic carbocycles. The Kier molecular flexibility index (Phi) is 5.69. The maximum atomic E-state index is 13.9. The van der Waals surface area contributed by atoms with Crippen LogP contribution in [0, 0.1) is 5.82 Å². The average Bonchev–Trinajstić information content (AvgIpc) is 3.04. The van der Waals surface area contributed by atoms with E-state index >= 15 is 0 Å². The Morgan fingerprint density at radius 2 is 1.68 bits per heavy atom. The summed E-state index contributed by atoms with van der Waals surface area (Å²) in [5.41, 5.74) is 8.96. The second kappa shape index (κ2) is 8.58. The number of nitrogens with one attached hydrogen (secondary N) is 1. The molecule has 2 N–H and O–H groups in total. The summed E-state index contributed by atoms with van der Waals surface area (Å²) in [7, 11) is 2.02. The van der Waals surface area contributed by atoms with Crippen molar-refractivity contribution in [2.24, 2.45) is 0 Å². The third-order valence-electron chi connectivity index (χ3n) is 5.65. The van der Waals surface area contributed by atoms with Crippen LogP contribution in [0.1, 0.15) is 30.0 Å². The van der Waals surface area contributed by atoms with Gasteiger partial charge in [0, 0.05) is 18.4 Å². The van der Waals surface area contributed by atoms with E-state index in [1.54, 1.807) is 11.5 Å². The first-order valence-corrected chi connectivity index (χ1v) is 10.0. The number of benzene rings is 3. The molecule has 1 amide bonds. The van der Waals surface area contributed by atoms with E-state index in [1.165, 1.54) is 12.1 Å². The Balaban J connectivity index is 1.68. The van der Waals surface area contributed by atoms with E-state index in [-0.39, 0.29) is 12.2 Å². The third-order valence-corrected chi connectivity index (χ3v) is 5.65. The molecule has 4 rings (SSSR count). The largest absolute Gasteiger partial charge is 0.345 e. The molecule has 0 spiro atoms. The molecule has 31 heavy (non-hydrogen) atoms. The van der Waals surface area contributed by atoms with Gasteiger partial charge in [0.15, 0.2) is 0 Å². The van der Waals surface area contributed by atoms with Crippen LogP contribution in [-0.4, -0.2) is 18.2 Å². The van der Waals surface area contributed by atoms with Crippen molar-refractivity contribution in [1.82, 2.24) is 5.48 Å². The normalized spacial score (nSPS) is 14.0. The summed E-state index contributed by atoms with van der Waals surface area (Å²) >= 11 is 0. The van der Waals surface area contributed by atoms with Crippen molar-refractivity contribution in [3.63, 3.8) is 0 Å². The van der Waals surface area contributed by atoms with E-state index < -0.39 is 5.91 Å². The fourth-order valence-electron chi connectivity index (χ4n) is 3.94. The Morgan fingerprint density at radius 3 is 2.35 bits per heavy atom. The Bertz CT molecular complexity index is 1180. The van der Waals surface area contributed by atoms with Gasteiger partial charge in [0.1, 0.15) is 5.82 Å². The van der Waals surface area contributed by atoms with E-state index in [0.29, 0.717) is 11.1 Å². The lowest BCUT2D eigenvalue weighted by Crippen LogP contribution is -2.18. The second-order valence-corrected chi connectivity index (χ2v) is 7.55. The number of halogens is 1. The molecule has 4 nitrogen and oxygen atoms in total. The molecule has 1 aliphatic rings. The summed E-state index contributed by atoms with van der Waals surface area (Å²) in [6.07, 6.45) is 2.03. The number of anilines is 2. The number of carbonyl (C=O) groups is 1. The second-order valence-electron chi connectivity index (χ2n) is 7.55. The number of hydroxylamine groups is 1. The minimum absolute atomic E-state index is 0.0169. The summed E-state index contributed by atoms with van der Waals surface area (Å²) in [5.74, 6) is -0.887. The van der Waals surface area contributed by atoms with Crippen molar-refractivity contribution >= 4 is 34.5 Å². The van der Waals surface area contributed by atoms with Gasteiger partial charge in [-0.05, 0) is 82.8 Å². The third kappa shape index (κ3) is 4.13. The van der Waals surface area contributed by atoms with Crippen LogP contribution < -0.4 is 10.4 Å². The molecule has 0 atom stereocenters. The number of nitrogens with zero attached hydrogens (tertiary/aromatic N) is 1. The van der Waals surface area contributed by atoms with Crippen LogP contribution in [0.2, 0.25) is 0 Å². The predicted octanol–water partition coefficient (Wildman–Crippen LogP) is 5.82. The van der Waals surface area contributed by atoms with Gasteiger partial charge < -0.3 is 4.90 Å². The zero-order valence-corrected chi connectivity index (χ0v) is 17.4. The maximum Gasteiger partial charge on any atom is 0.247 e. The first kappa shape index (κ1) is 20.6. The predicted molar refractivity (Wildman–Crippen MR) is 122 cm³/mol. The van der Waals surface area contributed by atoms with Gasteiger partial charge in [0.05, 0.1) is 6.42 Å². The minimum Gasteiger partial charge on any atom is -0.345 e. The Morgan fingerprint density at radius 1 is 1.00 bits per heavy atom. The first-order chi connectivity index (χ1) is 15.0. The van der Waals surface area contributed by atoms with Gasteiger partial charge >= 0.3 is 0 Å². The van der Waals surface area contributed by atoms with Crippen LogP contribution in [0.4, 0.5) is 15.8 Å². The maximum absolute atomic E-state index is 13.9. The van der Waals surface area contributed by atoms with Crippen molar-refractivity contribution in [2.75, 3.05) is 11.9 Å². The molecule has 1 aliphatic carbocycles. The molecule has 0 saturated carbocycles. The first-order valence-electron chi connectivity index (χ1n) is 10.0. The number of carbonyl (C=O) groups excluding carboxylic acids is 1. The summed E-state index contributed by atoms with van der Waals surface area (Å²) < 4.78 is 13.9. The number of allylic oxidation sites excluding steroid dienone is 2. The summed E-state index contributed by atoms with van der Waals surface area (Å²) in [6, 6.07) is 22.9. The number of rotatable bonds is 5. The van der Waals surface area contributed by atoms with E-state index in [0.717, 1.165) is 33.6 Å². The fraction of sp³-hybridized carbons (Fsp3) is 0.115. The van der Waals surface area contributed by atoms with E-state index in [1.807, 2.05) is 50.4 Å². The van der Waals surface area contributed by atoms with Gasteiger partial charge in [-0.1, -0.05) is 36.4 Å². The highest BCUT2D eigenvalue weighted by Gasteiger charge is 2.25. The van der Waals surface area contributed by atoms with Crippen LogP contribution in [0.5, 0.6) is 0 Å². The molecule has 0 bridgehead atoms. The van der Waals surface area contributed by atoms with Gasteiger partial charge in [0.2, 0.25) is 5.91 Å². The van der Waals surface area contributed by atoms with Gasteiger partial charge in [-0.2, -0.15) is 0 Å². The van der Waals surface area contributed by atoms with Crippen molar-refractivity contribution in [1.29, 1.82) is 0 Å². The van der Waals surface area contributed by atoms with Gasteiger partial charge in [0.25, 0.3) is 0 Å². The Hall–Kier alpha value is -3.70. The SMILES string of the molecule is CC1=C(CC(=O)NO)c2cc(F)ccc2/C1=C\c1ccc(N(C)c2ccccc2)cc1. The molecule has 0 radical (unpaired) electrons. The number of hydrogen-bond acceptors (Lipinski definition) is 3. The van der Waals surface area contributed by atoms with E-state index in [4.69, 9.17) is 5.21 Å². The molecule has 0 aliphatic heterocycles. The Labute approximate surface area is 180 Å². The summed E-state index contributed by atoms with van der Waals surface area (Å²) in [5, 5.41) is 8.92. The van der Waals surface area contributed by atoms with Crippen LogP contribution >= 0.6 is 0 Å². The minimum atomic E-state index is -0.529. The zero-order chi connectivity index (χ0) is 22.0. The number of hydrogen-bond donors (Lipinski definition) is 2. The average molecular weight is 414 g/mol. The molecular weight excluding hydrogens is 391 g/mol. The quantitative estimate of drug-likeness (QED) is 0.409. The molecule has 0 aromatic heterocycles. The molecule has 0 unspecified atom stereocenters. The fourth-order valence-corrected chi connectivity index (χ4v) is 3.94. The summed E-state index contributed by atoms with van der Waals surface area (Å²) in [4.78, 5) is 13.9. The van der Waals surface area contributed by atoms with Crippen molar-refractivity contribution < 1.29 is 14.4 Å². The van der Waals surface area contributed by atoms with Crippen LogP contribution in [0.15, 0.2) is 78.4 Å². The van der Waals surface area contributed by atoms with Gasteiger partial charge in [-0.3, -0.25) is 10.0 Å². The monoisotopic (exact) mass is 414 g/mol. The summed E-state index contributed by atoms with van der Waals surface area (Å²) in [6.45, 7) is 1.92. The lowest BCUT2D eigenvalue weighted by Gasteiger charge is -2.19. The van der Waals surface area contributed by atoms with Crippen LogP contribution in [0.3, 0.4) is 0 Å². The van der Waals surface area contributed by atoms with E-state index in [9.17, 15) is 9.18 Å². The number of para-hydroxylation sites is 1. The molecule has 0 heterocycles. The molecule has 5 heteroatoms. The standard InChI is InChI=1S/C26H23FN2O2/c1-17-23(22-13-10-19(27)15-25(22)24(17)16-26(30)28-31)14-18-8-11-21(12-9-18)29(2)20-6-4-3-5-7-20/h3-15,31H,16H2,1-2H3,(H,28,30)/b23-14-. The van der Waals surface area contributed by atoms with Gasteiger partial charge in [-0.25, -0.2) is 9.87 Å². The molecule has 156 valence electrons. The van der Waals surface area contributed by atoms with Crippen LogP contribution in [-0.2, 0) is 4.79 Å². The highest BCUT2D eigenvalue weighted by atomic mass is 19.1. The smallest absolute Gasteiger partial charge is 0.247 e. The lowest BCUT2D eigenvalue weighted by molar-refractivity contribution is -0.128. The van der Waals surface area contributed by atoms with Gasteiger partial charge in [-0.15, -0.1) is 0 Å². The zero-order valence-electron chi connectivity index (χ0n) is 17.4. The number of amides is 1. The van der Waals surface area contributed by atoms with Crippen molar-refractivity contribution in [3.05, 3.63) is 101 Å². The topological polar surface area (TPSA) is 52.6 Å². The van der Waals surface area contributed by atoms with E-state index in [2.05, 4.69) is 29.2 Å². The van der Waals surface area contributed by atoms with Crippen molar-refractivity contribution in [2.45, 2.75) is 13.3 Å². The molecule has 0 fully saturated rings. The molecule has 0 saturated heterocycles. The van der Waals surface area contributed by atoms with Crippen molar-refractivity contribution in [3.8, 4) is 0 Å².